The average Bonchev–Trinajstić information content (AvgIpc) is 2.82. The summed E-state index contributed by atoms with van der Waals surface area (Å²) in [4.78, 5) is 27.5. The van der Waals surface area contributed by atoms with E-state index < -0.39 is 17.8 Å². The van der Waals surface area contributed by atoms with Crippen molar-refractivity contribution < 1.29 is 24.2 Å². The summed E-state index contributed by atoms with van der Waals surface area (Å²) in [5, 5.41) is 9.72. The maximum atomic E-state index is 13.7. The first-order chi connectivity index (χ1) is 15.0. The van der Waals surface area contributed by atoms with Crippen LogP contribution in [0.1, 0.15) is 48.4 Å². The lowest BCUT2D eigenvalue weighted by Crippen LogP contribution is -2.47. The number of fused-ring (bicyclic) bond motifs is 1. The van der Waals surface area contributed by atoms with Crippen molar-refractivity contribution in [2.24, 2.45) is 11.8 Å². The van der Waals surface area contributed by atoms with E-state index in [4.69, 9.17) is 9.47 Å². The molecule has 0 spiro atoms. The number of methoxy groups -OCH3 is 2. The Morgan fingerprint density at radius 1 is 0.968 bits per heavy atom. The Balaban J connectivity index is 1.78. The van der Waals surface area contributed by atoms with Crippen molar-refractivity contribution in [3.8, 4) is 11.5 Å². The van der Waals surface area contributed by atoms with Gasteiger partial charge < -0.3 is 19.5 Å². The van der Waals surface area contributed by atoms with Crippen LogP contribution in [0, 0.1) is 11.8 Å². The molecular formula is C25H29NO5. The zero-order valence-corrected chi connectivity index (χ0v) is 18.0. The number of hydrogen-bond donors (Lipinski definition) is 1. The fourth-order valence-electron chi connectivity index (χ4n) is 5.11. The first-order valence-corrected chi connectivity index (χ1v) is 10.9. The Morgan fingerprint density at radius 3 is 2.26 bits per heavy atom. The van der Waals surface area contributed by atoms with Crippen LogP contribution < -0.4 is 9.47 Å². The van der Waals surface area contributed by atoms with E-state index >= 15 is 0 Å². The minimum Gasteiger partial charge on any atom is -0.493 e. The molecule has 1 aliphatic carbocycles. The highest BCUT2D eigenvalue weighted by molar-refractivity contribution is 5.86. The molecule has 0 saturated heterocycles. The third kappa shape index (κ3) is 3.99. The SMILES string of the molecule is COc1cc2c(cc1OC)[C@@H](c1ccccc1)N(C(=O)[C@H]1CCCC[C@H]1C(=O)O)CC2. The molecule has 31 heavy (non-hydrogen) atoms. The third-order valence-electron chi connectivity index (χ3n) is 6.67. The molecule has 2 aromatic carbocycles. The van der Waals surface area contributed by atoms with Gasteiger partial charge in [0.1, 0.15) is 0 Å². The normalized spacial score (nSPS) is 23.0. The van der Waals surface area contributed by atoms with E-state index in [9.17, 15) is 14.7 Å². The molecule has 3 atom stereocenters. The molecule has 1 saturated carbocycles. The monoisotopic (exact) mass is 423 g/mol. The first kappa shape index (κ1) is 21.2. The fourth-order valence-corrected chi connectivity index (χ4v) is 5.11. The van der Waals surface area contributed by atoms with Crippen LogP contribution in [0.2, 0.25) is 0 Å². The molecule has 6 nitrogen and oxygen atoms in total. The highest BCUT2D eigenvalue weighted by Gasteiger charge is 2.42. The number of nitrogens with zero attached hydrogens (tertiary/aromatic N) is 1. The molecule has 0 aromatic heterocycles. The van der Waals surface area contributed by atoms with Gasteiger partial charge in [0.2, 0.25) is 5.91 Å². The molecule has 0 unspecified atom stereocenters. The number of carboxylic acids is 1. The lowest BCUT2D eigenvalue weighted by Gasteiger charge is -2.41. The number of aliphatic carboxylic acids is 1. The predicted molar refractivity (Wildman–Crippen MR) is 116 cm³/mol. The van der Waals surface area contributed by atoms with Crippen LogP contribution in [0.3, 0.4) is 0 Å². The van der Waals surface area contributed by atoms with Crippen LogP contribution >= 0.6 is 0 Å². The molecule has 0 radical (unpaired) electrons. The fraction of sp³-hybridized carbons (Fsp3) is 0.440. The Hall–Kier alpha value is -3.02. The maximum absolute atomic E-state index is 13.7. The van der Waals surface area contributed by atoms with Crippen molar-refractivity contribution in [3.05, 3.63) is 59.2 Å². The predicted octanol–water partition coefficient (Wildman–Crippen LogP) is 4.07. The van der Waals surface area contributed by atoms with Gasteiger partial charge >= 0.3 is 5.97 Å². The number of benzene rings is 2. The standard InChI is InChI=1S/C25H29NO5/c1-30-21-14-17-12-13-26(24(27)18-10-6-7-11-19(18)25(28)29)23(16-8-4-3-5-9-16)20(17)15-22(21)31-2/h3-5,8-9,14-15,18-19,23H,6-7,10-13H2,1-2H3,(H,28,29)/t18-,19+,23+/m0/s1. The molecule has 1 amide bonds. The van der Waals surface area contributed by atoms with Crippen LogP contribution in [-0.4, -0.2) is 42.6 Å². The summed E-state index contributed by atoms with van der Waals surface area (Å²) in [5.41, 5.74) is 3.13. The molecule has 1 N–H and O–H groups in total. The van der Waals surface area contributed by atoms with Crippen molar-refractivity contribution in [1.82, 2.24) is 4.90 Å². The van der Waals surface area contributed by atoms with Crippen molar-refractivity contribution in [2.45, 2.75) is 38.1 Å². The van der Waals surface area contributed by atoms with Gasteiger partial charge in [0.05, 0.1) is 32.1 Å². The van der Waals surface area contributed by atoms with E-state index in [0.29, 0.717) is 37.3 Å². The second kappa shape index (κ2) is 9.00. The molecule has 1 aliphatic heterocycles. The highest BCUT2D eigenvalue weighted by atomic mass is 16.5. The Labute approximate surface area is 182 Å². The average molecular weight is 424 g/mol. The zero-order chi connectivity index (χ0) is 22.0. The summed E-state index contributed by atoms with van der Waals surface area (Å²) in [5.74, 6) is -0.702. The van der Waals surface area contributed by atoms with Crippen molar-refractivity contribution in [1.29, 1.82) is 0 Å². The van der Waals surface area contributed by atoms with E-state index in [1.165, 1.54) is 0 Å². The van der Waals surface area contributed by atoms with Gasteiger partial charge in [-0.1, -0.05) is 43.2 Å². The molecule has 4 rings (SSSR count). The number of carboxylic acid groups (broad SMARTS) is 1. The lowest BCUT2D eigenvalue weighted by atomic mass is 9.77. The Bertz CT molecular complexity index is 958. The number of carbonyl (C=O) groups is 2. The van der Waals surface area contributed by atoms with Gasteiger partial charge in [-0.15, -0.1) is 0 Å². The number of amides is 1. The molecule has 1 fully saturated rings. The number of rotatable bonds is 5. The second-order valence-corrected chi connectivity index (χ2v) is 8.34. The zero-order valence-electron chi connectivity index (χ0n) is 18.0. The van der Waals surface area contributed by atoms with Crippen molar-refractivity contribution in [3.63, 3.8) is 0 Å². The van der Waals surface area contributed by atoms with Crippen LogP contribution in [0.25, 0.3) is 0 Å². The minimum absolute atomic E-state index is 0.0543. The molecule has 0 bridgehead atoms. The summed E-state index contributed by atoms with van der Waals surface area (Å²) in [6.07, 6.45) is 3.65. The minimum atomic E-state index is -0.863. The smallest absolute Gasteiger partial charge is 0.307 e. The largest absolute Gasteiger partial charge is 0.493 e. The molecule has 2 aromatic rings. The van der Waals surface area contributed by atoms with Crippen LogP contribution in [0.15, 0.2) is 42.5 Å². The van der Waals surface area contributed by atoms with Crippen LogP contribution in [0.4, 0.5) is 0 Å². The number of ether oxygens (including phenoxy) is 2. The summed E-state index contributed by atoms with van der Waals surface area (Å²) in [6.45, 7) is 0.545. The van der Waals surface area contributed by atoms with E-state index in [-0.39, 0.29) is 11.9 Å². The summed E-state index contributed by atoms with van der Waals surface area (Å²) >= 11 is 0. The highest BCUT2D eigenvalue weighted by Crippen LogP contribution is 2.43. The molecule has 2 aliphatic rings. The topological polar surface area (TPSA) is 76.1 Å². The van der Waals surface area contributed by atoms with Crippen LogP contribution in [-0.2, 0) is 16.0 Å². The molecule has 6 heteroatoms. The number of carbonyl (C=O) groups excluding carboxylic acids is 1. The van der Waals surface area contributed by atoms with Crippen molar-refractivity contribution in [2.75, 3.05) is 20.8 Å². The Morgan fingerprint density at radius 2 is 1.61 bits per heavy atom. The molecule has 1 heterocycles. The van der Waals surface area contributed by atoms with E-state index in [1.54, 1.807) is 14.2 Å². The summed E-state index contributed by atoms with van der Waals surface area (Å²) in [7, 11) is 3.22. The van der Waals surface area contributed by atoms with E-state index in [2.05, 4.69) is 0 Å². The van der Waals surface area contributed by atoms with Gasteiger partial charge in [-0.05, 0) is 48.1 Å². The van der Waals surface area contributed by atoms with Gasteiger partial charge in [0.25, 0.3) is 0 Å². The maximum Gasteiger partial charge on any atom is 0.307 e. The summed E-state index contributed by atoms with van der Waals surface area (Å²) < 4.78 is 11.0. The second-order valence-electron chi connectivity index (χ2n) is 8.34. The van der Waals surface area contributed by atoms with Gasteiger partial charge in [-0.3, -0.25) is 9.59 Å². The quantitative estimate of drug-likeness (QED) is 0.785. The molecular weight excluding hydrogens is 394 g/mol. The van der Waals surface area contributed by atoms with E-state index in [1.807, 2.05) is 47.4 Å². The third-order valence-corrected chi connectivity index (χ3v) is 6.67. The van der Waals surface area contributed by atoms with Gasteiger partial charge in [0, 0.05) is 6.54 Å². The first-order valence-electron chi connectivity index (χ1n) is 10.9. The van der Waals surface area contributed by atoms with E-state index in [0.717, 1.165) is 29.5 Å². The Kier molecular flexibility index (Phi) is 6.16. The van der Waals surface area contributed by atoms with Gasteiger partial charge in [-0.25, -0.2) is 0 Å². The van der Waals surface area contributed by atoms with Crippen LogP contribution in [0.5, 0.6) is 11.5 Å². The summed E-state index contributed by atoms with van der Waals surface area (Å²) in [6, 6.07) is 13.6. The lowest BCUT2D eigenvalue weighted by molar-refractivity contribution is -0.153. The van der Waals surface area contributed by atoms with Gasteiger partial charge in [-0.2, -0.15) is 0 Å². The molecule has 164 valence electrons. The van der Waals surface area contributed by atoms with Gasteiger partial charge in [0.15, 0.2) is 11.5 Å². The number of hydrogen-bond acceptors (Lipinski definition) is 4. The van der Waals surface area contributed by atoms with Crippen molar-refractivity contribution >= 4 is 11.9 Å².